The molecule has 1 heterocycles. The number of carbonyl (C=O) groups excluding carboxylic acids is 1. The van der Waals surface area contributed by atoms with Crippen molar-refractivity contribution in [3.63, 3.8) is 0 Å². The number of amides is 1. The Hall–Kier alpha value is -2.73. The molecule has 1 aliphatic heterocycles. The molecule has 0 aromatic heterocycles. The molecule has 0 saturated carbocycles. The maximum atomic E-state index is 11.7. The lowest BCUT2D eigenvalue weighted by molar-refractivity contribution is -0.115. The summed E-state index contributed by atoms with van der Waals surface area (Å²) in [6, 6.07) is 15.9. The number of thioether (sulfide) groups is 1. The van der Waals surface area contributed by atoms with E-state index in [-0.39, 0.29) is 11.1 Å². The van der Waals surface area contributed by atoms with Crippen molar-refractivity contribution in [1.29, 1.82) is 5.41 Å². The first kappa shape index (κ1) is 21.0. The van der Waals surface area contributed by atoms with Gasteiger partial charge in [-0.05, 0) is 65.6 Å². The summed E-state index contributed by atoms with van der Waals surface area (Å²) in [4.78, 5) is 12.2. The van der Waals surface area contributed by atoms with E-state index in [1.165, 1.54) is 5.56 Å². The summed E-state index contributed by atoms with van der Waals surface area (Å²) < 4.78 is 11.6. The molecule has 1 fully saturated rings. The summed E-state index contributed by atoms with van der Waals surface area (Å²) in [6.07, 6.45) is 3.67. The van der Waals surface area contributed by atoms with Crippen molar-refractivity contribution >= 4 is 28.9 Å². The highest BCUT2D eigenvalue weighted by molar-refractivity contribution is 8.18. The highest BCUT2D eigenvalue weighted by Gasteiger charge is 2.22. The Kier molecular flexibility index (Phi) is 7.36. The van der Waals surface area contributed by atoms with Gasteiger partial charge in [-0.25, -0.2) is 0 Å². The first-order valence-corrected chi connectivity index (χ1v) is 10.6. The zero-order valence-corrected chi connectivity index (χ0v) is 17.6. The highest BCUT2D eigenvalue weighted by atomic mass is 32.2. The molecule has 0 aliphatic carbocycles. The van der Waals surface area contributed by atoms with Crippen molar-refractivity contribution in [3.05, 3.63) is 64.6 Å². The van der Waals surface area contributed by atoms with E-state index in [1.54, 1.807) is 6.08 Å². The number of hydrogen-bond donors (Lipinski definition) is 2. The second-order valence-electron chi connectivity index (χ2n) is 6.90. The molecule has 0 spiro atoms. The fraction of sp³-hybridized carbons (Fsp3) is 0.304. The molecule has 1 unspecified atom stereocenters. The second kappa shape index (κ2) is 10.2. The molecule has 6 heteroatoms. The number of nitrogens with one attached hydrogen (secondary N) is 2. The van der Waals surface area contributed by atoms with Crippen LogP contribution in [0.2, 0.25) is 0 Å². The fourth-order valence-electron chi connectivity index (χ4n) is 2.85. The molecular formula is C23H26N2O3S. The standard InChI is InChI=1S/C23H26N2O3S/c1-3-16(2)18-8-10-19(11-9-18)27-12-5-13-28-20-7-4-6-17(14-20)15-21-22(26)25-23(24)29-21/h4,6-11,14-16H,3,5,12-13H2,1-2H3,(H2,24,25,26). The summed E-state index contributed by atoms with van der Waals surface area (Å²) in [7, 11) is 0. The van der Waals surface area contributed by atoms with Gasteiger partial charge in [0.15, 0.2) is 5.17 Å². The average molecular weight is 411 g/mol. The minimum absolute atomic E-state index is 0.156. The topological polar surface area (TPSA) is 71.4 Å². The number of hydrogen-bond acceptors (Lipinski definition) is 5. The smallest absolute Gasteiger partial charge is 0.264 e. The number of amidine groups is 1. The van der Waals surface area contributed by atoms with Crippen molar-refractivity contribution in [1.82, 2.24) is 5.32 Å². The average Bonchev–Trinajstić information content (AvgIpc) is 3.04. The quantitative estimate of drug-likeness (QED) is 0.441. The van der Waals surface area contributed by atoms with Crippen LogP contribution in [0.4, 0.5) is 0 Å². The molecule has 3 rings (SSSR count). The van der Waals surface area contributed by atoms with E-state index < -0.39 is 0 Å². The Morgan fingerprint density at radius 1 is 1.10 bits per heavy atom. The van der Waals surface area contributed by atoms with E-state index in [0.29, 0.717) is 24.0 Å². The van der Waals surface area contributed by atoms with Crippen molar-refractivity contribution < 1.29 is 14.3 Å². The van der Waals surface area contributed by atoms with Gasteiger partial charge in [-0.1, -0.05) is 38.1 Å². The molecule has 5 nitrogen and oxygen atoms in total. The molecular weight excluding hydrogens is 384 g/mol. The van der Waals surface area contributed by atoms with Crippen LogP contribution >= 0.6 is 11.8 Å². The minimum Gasteiger partial charge on any atom is -0.493 e. The maximum Gasteiger partial charge on any atom is 0.264 e. The van der Waals surface area contributed by atoms with Crippen LogP contribution in [-0.2, 0) is 4.79 Å². The molecule has 1 amide bonds. The van der Waals surface area contributed by atoms with Gasteiger partial charge in [0.1, 0.15) is 11.5 Å². The largest absolute Gasteiger partial charge is 0.493 e. The van der Waals surface area contributed by atoms with Crippen LogP contribution in [0, 0.1) is 5.41 Å². The van der Waals surface area contributed by atoms with E-state index in [9.17, 15) is 4.79 Å². The van der Waals surface area contributed by atoms with Crippen molar-refractivity contribution in [2.24, 2.45) is 0 Å². The van der Waals surface area contributed by atoms with Crippen molar-refractivity contribution in [2.75, 3.05) is 13.2 Å². The molecule has 2 aromatic rings. The number of carbonyl (C=O) groups is 1. The highest BCUT2D eigenvalue weighted by Crippen LogP contribution is 2.26. The Bertz CT molecular complexity index is 893. The van der Waals surface area contributed by atoms with Gasteiger partial charge in [0.05, 0.1) is 18.1 Å². The fourth-order valence-corrected chi connectivity index (χ4v) is 3.56. The molecule has 2 N–H and O–H groups in total. The Balaban J connectivity index is 1.43. The van der Waals surface area contributed by atoms with Crippen LogP contribution < -0.4 is 14.8 Å². The van der Waals surface area contributed by atoms with Gasteiger partial charge in [-0.15, -0.1) is 0 Å². The third kappa shape index (κ3) is 6.12. The summed E-state index contributed by atoms with van der Waals surface area (Å²) in [5.41, 5.74) is 2.20. The Labute approximate surface area is 176 Å². The number of rotatable bonds is 9. The first-order valence-electron chi connectivity index (χ1n) is 9.80. The Morgan fingerprint density at radius 3 is 2.48 bits per heavy atom. The lowest BCUT2D eigenvalue weighted by Gasteiger charge is -2.11. The summed E-state index contributed by atoms with van der Waals surface area (Å²) in [6.45, 7) is 5.55. The Morgan fingerprint density at radius 2 is 1.83 bits per heavy atom. The van der Waals surface area contributed by atoms with Gasteiger partial charge in [-0.2, -0.15) is 0 Å². The van der Waals surface area contributed by atoms with Crippen LogP contribution in [0.25, 0.3) is 6.08 Å². The van der Waals surface area contributed by atoms with Gasteiger partial charge in [0.25, 0.3) is 5.91 Å². The van der Waals surface area contributed by atoms with Gasteiger partial charge >= 0.3 is 0 Å². The summed E-state index contributed by atoms with van der Waals surface area (Å²) in [5.74, 6) is 1.96. The van der Waals surface area contributed by atoms with E-state index in [1.807, 2.05) is 36.4 Å². The molecule has 2 aromatic carbocycles. The molecule has 1 aliphatic rings. The van der Waals surface area contributed by atoms with Crippen LogP contribution in [0.3, 0.4) is 0 Å². The molecule has 1 saturated heterocycles. The monoisotopic (exact) mass is 410 g/mol. The molecule has 29 heavy (non-hydrogen) atoms. The van der Waals surface area contributed by atoms with Crippen LogP contribution in [-0.4, -0.2) is 24.3 Å². The summed E-state index contributed by atoms with van der Waals surface area (Å²) >= 11 is 1.13. The summed E-state index contributed by atoms with van der Waals surface area (Å²) in [5, 5.41) is 10.1. The second-order valence-corrected chi connectivity index (χ2v) is 7.95. The van der Waals surface area contributed by atoms with Gasteiger partial charge in [-0.3, -0.25) is 10.2 Å². The van der Waals surface area contributed by atoms with Crippen molar-refractivity contribution in [3.8, 4) is 11.5 Å². The zero-order chi connectivity index (χ0) is 20.6. The van der Waals surface area contributed by atoms with Crippen molar-refractivity contribution in [2.45, 2.75) is 32.6 Å². The van der Waals surface area contributed by atoms with Gasteiger partial charge in [0.2, 0.25) is 0 Å². The lowest BCUT2D eigenvalue weighted by atomic mass is 9.99. The number of ether oxygens (including phenoxy) is 2. The van der Waals surface area contributed by atoms with Crippen LogP contribution in [0.1, 0.15) is 43.7 Å². The van der Waals surface area contributed by atoms with E-state index in [4.69, 9.17) is 14.9 Å². The molecule has 0 radical (unpaired) electrons. The zero-order valence-electron chi connectivity index (χ0n) is 16.7. The third-order valence-corrected chi connectivity index (χ3v) is 5.54. The van der Waals surface area contributed by atoms with Gasteiger partial charge in [0, 0.05) is 6.42 Å². The molecule has 0 bridgehead atoms. The predicted octanol–water partition coefficient (Wildman–Crippen LogP) is 5.19. The first-order chi connectivity index (χ1) is 14.0. The minimum atomic E-state index is -0.236. The van der Waals surface area contributed by atoms with E-state index in [2.05, 4.69) is 31.3 Å². The van der Waals surface area contributed by atoms with E-state index >= 15 is 0 Å². The third-order valence-electron chi connectivity index (χ3n) is 4.71. The number of benzene rings is 2. The maximum absolute atomic E-state index is 11.7. The molecule has 152 valence electrons. The van der Waals surface area contributed by atoms with Crippen LogP contribution in [0.5, 0.6) is 11.5 Å². The van der Waals surface area contributed by atoms with Crippen LogP contribution in [0.15, 0.2) is 53.4 Å². The van der Waals surface area contributed by atoms with E-state index in [0.717, 1.165) is 41.7 Å². The predicted molar refractivity (Wildman–Crippen MR) is 119 cm³/mol. The van der Waals surface area contributed by atoms with Gasteiger partial charge < -0.3 is 14.8 Å². The lowest BCUT2D eigenvalue weighted by Crippen LogP contribution is -2.18. The normalized spacial score (nSPS) is 16.0. The SMILES string of the molecule is CCC(C)c1ccc(OCCCOc2cccc(C=C3SC(=N)NC3=O)c2)cc1. The molecule has 1 atom stereocenters.